The first kappa shape index (κ1) is 21.4. The average Bonchev–Trinajstić information content (AvgIpc) is 3.39. The molecule has 7 nitrogen and oxygen atoms in total. The zero-order chi connectivity index (χ0) is 22.8. The van der Waals surface area contributed by atoms with Gasteiger partial charge in [0.1, 0.15) is 11.4 Å². The summed E-state index contributed by atoms with van der Waals surface area (Å²) in [6.07, 6.45) is 5.81. The molecule has 1 aromatic carbocycles. The van der Waals surface area contributed by atoms with Crippen molar-refractivity contribution in [2.45, 2.75) is 31.3 Å². The van der Waals surface area contributed by atoms with Crippen LogP contribution in [0.2, 0.25) is 0 Å². The predicted molar refractivity (Wildman–Crippen MR) is 126 cm³/mol. The third-order valence-corrected chi connectivity index (χ3v) is 7.07. The number of pyridine rings is 1. The topological polar surface area (TPSA) is 61.7 Å². The summed E-state index contributed by atoms with van der Waals surface area (Å²) in [6, 6.07) is 19.9. The molecule has 2 saturated heterocycles. The number of hydrogen-bond donors (Lipinski definition) is 0. The number of nitrogens with zero attached hydrogens (tertiary/aromatic N) is 5. The van der Waals surface area contributed by atoms with Crippen LogP contribution >= 0.6 is 0 Å². The Morgan fingerprint density at radius 3 is 2.42 bits per heavy atom. The molecule has 0 unspecified atom stereocenters. The number of likely N-dealkylation sites (tertiary alicyclic amines) is 1. The lowest BCUT2D eigenvalue weighted by Crippen LogP contribution is -2.55. The fourth-order valence-corrected chi connectivity index (χ4v) is 5.05. The van der Waals surface area contributed by atoms with Crippen LogP contribution in [0.4, 0.5) is 4.79 Å². The Morgan fingerprint density at radius 2 is 1.70 bits per heavy atom. The van der Waals surface area contributed by atoms with Crippen molar-refractivity contribution in [2.24, 2.45) is 0 Å². The number of imide groups is 1. The molecule has 0 saturated carbocycles. The minimum atomic E-state index is -0.715. The summed E-state index contributed by atoms with van der Waals surface area (Å²) < 4.78 is 2.10. The second kappa shape index (κ2) is 8.83. The summed E-state index contributed by atoms with van der Waals surface area (Å²) in [5.41, 5.74) is 1.58. The Balaban J connectivity index is 1.24. The molecule has 0 aliphatic carbocycles. The summed E-state index contributed by atoms with van der Waals surface area (Å²) in [5, 5.41) is 0. The minimum absolute atomic E-state index is 0.0394. The van der Waals surface area contributed by atoms with Gasteiger partial charge in [0.15, 0.2) is 0 Å². The molecule has 0 bridgehead atoms. The van der Waals surface area contributed by atoms with Gasteiger partial charge in [0.05, 0.1) is 0 Å². The van der Waals surface area contributed by atoms with E-state index in [1.54, 1.807) is 18.1 Å². The molecule has 3 aromatic rings. The Morgan fingerprint density at radius 1 is 0.939 bits per heavy atom. The van der Waals surface area contributed by atoms with Gasteiger partial charge >= 0.3 is 6.03 Å². The quantitative estimate of drug-likeness (QED) is 0.548. The van der Waals surface area contributed by atoms with Crippen molar-refractivity contribution in [2.75, 3.05) is 26.7 Å². The van der Waals surface area contributed by atoms with Gasteiger partial charge < -0.3 is 9.47 Å². The number of urea groups is 1. The molecule has 2 aliphatic heterocycles. The van der Waals surface area contributed by atoms with E-state index in [1.807, 2.05) is 60.8 Å². The number of aromatic nitrogens is 2. The molecule has 0 atom stereocenters. The van der Waals surface area contributed by atoms with Crippen molar-refractivity contribution >= 4 is 11.9 Å². The predicted octanol–water partition coefficient (Wildman–Crippen LogP) is 3.34. The Kier molecular flexibility index (Phi) is 5.72. The minimum Gasteiger partial charge on any atom is -0.312 e. The van der Waals surface area contributed by atoms with Crippen molar-refractivity contribution < 1.29 is 9.59 Å². The van der Waals surface area contributed by atoms with Crippen LogP contribution in [0.15, 0.2) is 73.1 Å². The zero-order valence-corrected chi connectivity index (χ0v) is 18.9. The van der Waals surface area contributed by atoms with Gasteiger partial charge in [-0.3, -0.25) is 14.6 Å². The second-order valence-electron chi connectivity index (χ2n) is 8.90. The first-order chi connectivity index (χ1) is 16.1. The lowest BCUT2D eigenvalue weighted by molar-refractivity contribution is -0.135. The van der Waals surface area contributed by atoms with Crippen LogP contribution in [-0.4, -0.2) is 68.4 Å². The molecule has 0 radical (unpaired) electrons. The average molecular weight is 444 g/mol. The van der Waals surface area contributed by atoms with Crippen LogP contribution < -0.4 is 0 Å². The molecule has 3 amide bonds. The second-order valence-corrected chi connectivity index (χ2v) is 8.90. The third kappa shape index (κ3) is 3.93. The lowest BCUT2D eigenvalue weighted by Gasteiger charge is -2.40. The highest BCUT2D eigenvalue weighted by atomic mass is 16.2. The summed E-state index contributed by atoms with van der Waals surface area (Å²) in [6.45, 7) is 2.74. The van der Waals surface area contributed by atoms with E-state index >= 15 is 0 Å². The number of hydrogen-bond acceptors (Lipinski definition) is 4. The molecule has 1 spiro atoms. The Bertz CT molecular complexity index is 1120. The van der Waals surface area contributed by atoms with Gasteiger partial charge in [0, 0.05) is 51.3 Å². The SMILES string of the molecule is CN1C(=O)N(CCc2ccccc2)C(=O)C12CCN(Cc1cccn1-c1ccccn1)CC2. The highest BCUT2D eigenvalue weighted by molar-refractivity contribution is 6.07. The first-order valence-corrected chi connectivity index (χ1v) is 11.5. The summed E-state index contributed by atoms with van der Waals surface area (Å²) >= 11 is 0. The van der Waals surface area contributed by atoms with Gasteiger partial charge in [-0.25, -0.2) is 9.78 Å². The maximum atomic E-state index is 13.4. The number of rotatable bonds is 6. The molecule has 2 aromatic heterocycles. The molecule has 7 heteroatoms. The number of benzene rings is 1. The molecule has 4 heterocycles. The number of likely N-dealkylation sites (N-methyl/N-ethyl adjacent to an activating group) is 1. The highest BCUT2D eigenvalue weighted by Gasteiger charge is 2.56. The van der Waals surface area contributed by atoms with Crippen LogP contribution in [-0.2, 0) is 17.8 Å². The number of carbonyl (C=O) groups is 2. The molecule has 2 fully saturated rings. The molecule has 170 valence electrons. The van der Waals surface area contributed by atoms with E-state index in [1.165, 1.54) is 4.90 Å². The van der Waals surface area contributed by atoms with Crippen molar-refractivity contribution in [1.29, 1.82) is 0 Å². The number of carbonyl (C=O) groups excluding carboxylic acids is 2. The monoisotopic (exact) mass is 443 g/mol. The lowest BCUT2D eigenvalue weighted by atomic mass is 9.86. The maximum absolute atomic E-state index is 13.4. The van der Waals surface area contributed by atoms with Gasteiger partial charge in [0.25, 0.3) is 5.91 Å². The first-order valence-electron chi connectivity index (χ1n) is 11.5. The third-order valence-electron chi connectivity index (χ3n) is 7.07. The van der Waals surface area contributed by atoms with E-state index < -0.39 is 5.54 Å². The fourth-order valence-electron chi connectivity index (χ4n) is 5.05. The summed E-state index contributed by atoms with van der Waals surface area (Å²) in [5.74, 6) is 0.860. The van der Waals surface area contributed by atoms with E-state index in [9.17, 15) is 9.59 Å². The summed E-state index contributed by atoms with van der Waals surface area (Å²) in [7, 11) is 1.78. The zero-order valence-electron chi connectivity index (χ0n) is 18.9. The van der Waals surface area contributed by atoms with Crippen LogP contribution in [0.5, 0.6) is 0 Å². The van der Waals surface area contributed by atoms with Gasteiger partial charge in [-0.1, -0.05) is 36.4 Å². The molecular formula is C26H29N5O2. The van der Waals surface area contributed by atoms with E-state index in [0.717, 1.165) is 36.7 Å². The van der Waals surface area contributed by atoms with E-state index in [-0.39, 0.29) is 11.9 Å². The van der Waals surface area contributed by atoms with Crippen LogP contribution in [0.3, 0.4) is 0 Å². The summed E-state index contributed by atoms with van der Waals surface area (Å²) in [4.78, 5) is 36.3. The van der Waals surface area contributed by atoms with Gasteiger partial charge in [-0.05, 0) is 49.1 Å². The largest absolute Gasteiger partial charge is 0.327 e. The van der Waals surface area contributed by atoms with E-state index in [2.05, 4.69) is 20.5 Å². The molecule has 33 heavy (non-hydrogen) atoms. The molecule has 0 N–H and O–H groups in total. The molecular weight excluding hydrogens is 414 g/mol. The van der Waals surface area contributed by atoms with Crippen molar-refractivity contribution in [3.63, 3.8) is 0 Å². The van der Waals surface area contributed by atoms with E-state index in [4.69, 9.17) is 0 Å². The molecule has 2 aliphatic rings. The van der Waals surface area contributed by atoms with Crippen LogP contribution in [0, 0.1) is 0 Å². The van der Waals surface area contributed by atoms with Gasteiger partial charge in [-0.2, -0.15) is 0 Å². The van der Waals surface area contributed by atoms with Gasteiger partial charge in [0.2, 0.25) is 0 Å². The highest BCUT2D eigenvalue weighted by Crippen LogP contribution is 2.36. The molecule has 5 rings (SSSR count). The van der Waals surface area contributed by atoms with Gasteiger partial charge in [-0.15, -0.1) is 0 Å². The van der Waals surface area contributed by atoms with E-state index in [0.29, 0.717) is 25.8 Å². The Labute approximate surface area is 194 Å². The standard InChI is InChI=1S/C26H29N5O2/c1-28-25(33)31(17-12-21-8-3-2-4-9-21)24(32)26(28)13-18-29(19-14-26)20-22-10-7-16-30(22)23-11-5-6-15-27-23/h2-11,15-16H,12-14,17-20H2,1H3. The smallest absolute Gasteiger partial charge is 0.312 e. The fraction of sp³-hybridized carbons (Fsp3) is 0.346. The van der Waals surface area contributed by atoms with Crippen molar-refractivity contribution in [3.8, 4) is 5.82 Å². The Hall–Kier alpha value is -3.45. The maximum Gasteiger partial charge on any atom is 0.327 e. The normalized spacial score (nSPS) is 18.5. The van der Waals surface area contributed by atoms with Crippen LogP contribution in [0.1, 0.15) is 24.1 Å². The number of amides is 3. The van der Waals surface area contributed by atoms with Crippen molar-refractivity contribution in [1.82, 2.24) is 24.3 Å². The number of piperidine rings is 1. The van der Waals surface area contributed by atoms with Crippen molar-refractivity contribution in [3.05, 3.63) is 84.3 Å². The van der Waals surface area contributed by atoms with Crippen LogP contribution in [0.25, 0.3) is 5.82 Å².